The molecule has 124 valence electrons. The van der Waals surface area contributed by atoms with E-state index in [4.69, 9.17) is 23.2 Å². The van der Waals surface area contributed by atoms with Crippen LogP contribution >= 0.6 is 23.2 Å². The van der Waals surface area contributed by atoms with E-state index in [1.807, 2.05) is 0 Å². The molecule has 2 aromatic carbocycles. The number of hydrogen-bond donors (Lipinski definition) is 1. The fourth-order valence-electron chi connectivity index (χ4n) is 2.61. The molecule has 1 aliphatic rings. The first-order valence-corrected chi connectivity index (χ1v) is 8.02. The first kappa shape index (κ1) is 16.7. The molecule has 2 aromatic rings. The summed E-state index contributed by atoms with van der Waals surface area (Å²) in [4.78, 5) is 26.0. The van der Waals surface area contributed by atoms with E-state index in [1.54, 1.807) is 24.3 Å². The summed E-state index contributed by atoms with van der Waals surface area (Å²) < 4.78 is 13.6. The minimum atomic E-state index is -0.591. The molecule has 1 fully saturated rings. The number of halogens is 3. The average molecular weight is 367 g/mol. The number of para-hydroxylation sites is 1. The van der Waals surface area contributed by atoms with Gasteiger partial charge in [0.15, 0.2) is 0 Å². The van der Waals surface area contributed by atoms with E-state index in [0.29, 0.717) is 10.7 Å². The Kier molecular flexibility index (Phi) is 4.73. The molecule has 7 heteroatoms. The third-order valence-electron chi connectivity index (χ3n) is 3.85. The quantitative estimate of drug-likeness (QED) is 0.887. The third kappa shape index (κ3) is 3.23. The average Bonchev–Trinajstić information content (AvgIpc) is 2.94. The van der Waals surface area contributed by atoms with Crippen molar-refractivity contribution in [2.24, 2.45) is 5.92 Å². The van der Waals surface area contributed by atoms with E-state index in [9.17, 15) is 14.0 Å². The lowest BCUT2D eigenvalue weighted by Gasteiger charge is -2.18. The maximum Gasteiger partial charge on any atom is 0.229 e. The lowest BCUT2D eigenvalue weighted by molar-refractivity contribution is -0.122. The van der Waals surface area contributed by atoms with Crippen LogP contribution in [0.2, 0.25) is 10.0 Å². The Morgan fingerprint density at radius 3 is 2.67 bits per heavy atom. The van der Waals surface area contributed by atoms with Gasteiger partial charge in [0.2, 0.25) is 11.8 Å². The first-order chi connectivity index (χ1) is 11.5. The molecule has 0 aliphatic carbocycles. The fourth-order valence-corrected chi connectivity index (χ4v) is 3.01. The van der Waals surface area contributed by atoms with Gasteiger partial charge in [0.25, 0.3) is 0 Å². The van der Waals surface area contributed by atoms with Crippen LogP contribution in [0.1, 0.15) is 6.42 Å². The molecule has 0 bridgehead atoms. The molecule has 1 atom stereocenters. The van der Waals surface area contributed by atoms with Gasteiger partial charge < -0.3 is 10.2 Å². The Morgan fingerprint density at radius 2 is 1.92 bits per heavy atom. The van der Waals surface area contributed by atoms with Gasteiger partial charge in [0.05, 0.1) is 27.3 Å². The summed E-state index contributed by atoms with van der Waals surface area (Å²) in [5.74, 6) is -1.75. The summed E-state index contributed by atoms with van der Waals surface area (Å²) in [7, 11) is 0. The molecular weight excluding hydrogens is 354 g/mol. The molecule has 3 rings (SSSR count). The largest absolute Gasteiger partial charge is 0.323 e. The standard InChI is InChI=1S/C17H13Cl2FN2O2/c18-11-4-3-7-14(16(11)19)22-9-10(8-15(22)23)17(24)21-13-6-2-1-5-12(13)20/h1-7,10H,8-9H2,(H,21,24). The smallest absolute Gasteiger partial charge is 0.229 e. The Balaban J connectivity index is 1.76. The van der Waals surface area contributed by atoms with Crippen LogP contribution in [0.4, 0.5) is 15.8 Å². The van der Waals surface area contributed by atoms with Crippen LogP contribution in [-0.2, 0) is 9.59 Å². The second-order valence-electron chi connectivity index (χ2n) is 5.45. The predicted molar refractivity (Wildman–Crippen MR) is 92.0 cm³/mol. The second-order valence-corrected chi connectivity index (χ2v) is 6.23. The molecule has 2 amide bonds. The highest BCUT2D eigenvalue weighted by Gasteiger charge is 2.36. The summed E-state index contributed by atoms with van der Waals surface area (Å²) in [5.41, 5.74) is 0.560. The molecule has 24 heavy (non-hydrogen) atoms. The SMILES string of the molecule is O=C(Nc1ccccc1F)C1CC(=O)N(c2cccc(Cl)c2Cl)C1. The Bertz CT molecular complexity index is 813. The molecule has 1 saturated heterocycles. The van der Waals surface area contributed by atoms with Gasteiger partial charge in [0, 0.05) is 13.0 Å². The molecule has 1 aliphatic heterocycles. The van der Waals surface area contributed by atoms with Gasteiger partial charge in [-0.2, -0.15) is 0 Å². The Labute approximate surface area is 148 Å². The molecular formula is C17H13Cl2FN2O2. The number of hydrogen-bond acceptors (Lipinski definition) is 2. The van der Waals surface area contributed by atoms with E-state index in [2.05, 4.69) is 5.32 Å². The highest BCUT2D eigenvalue weighted by atomic mass is 35.5. The van der Waals surface area contributed by atoms with E-state index in [-0.39, 0.29) is 29.6 Å². The zero-order valence-corrected chi connectivity index (χ0v) is 13.9. The first-order valence-electron chi connectivity index (χ1n) is 7.27. The number of rotatable bonds is 3. The number of nitrogens with zero attached hydrogens (tertiary/aromatic N) is 1. The third-order valence-corrected chi connectivity index (χ3v) is 4.66. The number of benzene rings is 2. The van der Waals surface area contributed by atoms with Crippen molar-refractivity contribution in [3.63, 3.8) is 0 Å². The fraction of sp³-hybridized carbons (Fsp3) is 0.176. The van der Waals surface area contributed by atoms with Crippen molar-refractivity contribution in [2.45, 2.75) is 6.42 Å². The number of amides is 2. The van der Waals surface area contributed by atoms with Gasteiger partial charge in [0.1, 0.15) is 5.82 Å². The van der Waals surface area contributed by atoms with Crippen molar-refractivity contribution in [3.05, 3.63) is 58.3 Å². The van der Waals surface area contributed by atoms with Gasteiger partial charge in [-0.3, -0.25) is 9.59 Å². The number of nitrogens with one attached hydrogen (secondary N) is 1. The van der Waals surface area contributed by atoms with Crippen molar-refractivity contribution in [1.29, 1.82) is 0 Å². The Morgan fingerprint density at radius 1 is 1.17 bits per heavy atom. The van der Waals surface area contributed by atoms with Crippen molar-refractivity contribution in [2.75, 3.05) is 16.8 Å². The molecule has 1 unspecified atom stereocenters. The maximum absolute atomic E-state index is 13.6. The monoisotopic (exact) mass is 366 g/mol. The molecule has 0 radical (unpaired) electrons. The molecule has 1 N–H and O–H groups in total. The number of anilines is 2. The van der Waals surface area contributed by atoms with E-state index < -0.39 is 17.6 Å². The van der Waals surface area contributed by atoms with Crippen molar-refractivity contribution >= 4 is 46.4 Å². The second kappa shape index (κ2) is 6.79. The van der Waals surface area contributed by atoms with E-state index in [1.165, 1.54) is 23.1 Å². The highest BCUT2D eigenvalue weighted by molar-refractivity contribution is 6.44. The van der Waals surface area contributed by atoms with Crippen molar-refractivity contribution in [3.8, 4) is 0 Å². The van der Waals surface area contributed by atoms with Gasteiger partial charge in [-0.15, -0.1) is 0 Å². The zero-order valence-electron chi connectivity index (χ0n) is 12.4. The minimum Gasteiger partial charge on any atom is -0.323 e. The lowest BCUT2D eigenvalue weighted by Crippen LogP contribution is -2.28. The normalized spacial score (nSPS) is 17.2. The topological polar surface area (TPSA) is 49.4 Å². The predicted octanol–water partition coefficient (Wildman–Crippen LogP) is 4.12. The molecule has 1 heterocycles. The van der Waals surface area contributed by atoms with Crippen LogP contribution in [-0.4, -0.2) is 18.4 Å². The number of carbonyl (C=O) groups is 2. The van der Waals surface area contributed by atoms with Crippen molar-refractivity contribution in [1.82, 2.24) is 0 Å². The van der Waals surface area contributed by atoms with Crippen LogP contribution in [0, 0.1) is 11.7 Å². The molecule has 0 aromatic heterocycles. The number of carbonyl (C=O) groups excluding carboxylic acids is 2. The van der Waals surface area contributed by atoms with Crippen molar-refractivity contribution < 1.29 is 14.0 Å². The van der Waals surface area contributed by atoms with Gasteiger partial charge in [-0.25, -0.2) is 4.39 Å². The highest BCUT2D eigenvalue weighted by Crippen LogP contribution is 2.35. The molecule has 0 spiro atoms. The summed E-state index contributed by atoms with van der Waals surface area (Å²) >= 11 is 12.1. The van der Waals surface area contributed by atoms with Crippen LogP contribution < -0.4 is 10.2 Å². The summed E-state index contributed by atoms with van der Waals surface area (Å²) in [6.45, 7) is 0.166. The summed E-state index contributed by atoms with van der Waals surface area (Å²) in [6, 6.07) is 10.9. The summed E-state index contributed by atoms with van der Waals surface area (Å²) in [5, 5.41) is 3.12. The molecule has 4 nitrogen and oxygen atoms in total. The van der Waals surface area contributed by atoms with Crippen LogP contribution in [0.15, 0.2) is 42.5 Å². The van der Waals surface area contributed by atoms with Crippen LogP contribution in [0.5, 0.6) is 0 Å². The van der Waals surface area contributed by atoms with Crippen LogP contribution in [0.3, 0.4) is 0 Å². The van der Waals surface area contributed by atoms with Gasteiger partial charge in [-0.05, 0) is 24.3 Å². The zero-order chi connectivity index (χ0) is 17.3. The molecule has 0 saturated carbocycles. The van der Waals surface area contributed by atoms with E-state index in [0.717, 1.165) is 0 Å². The lowest BCUT2D eigenvalue weighted by atomic mass is 10.1. The van der Waals surface area contributed by atoms with E-state index >= 15 is 0 Å². The Hall–Kier alpha value is -2.11. The van der Waals surface area contributed by atoms with Gasteiger partial charge in [-0.1, -0.05) is 41.4 Å². The summed E-state index contributed by atoms with van der Waals surface area (Å²) in [6.07, 6.45) is 0.0309. The minimum absolute atomic E-state index is 0.0309. The van der Waals surface area contributed by atoms with Gasteiger partial charge >= 0.3 is 0 Å². The van der Waals surface area contributed by atoms with Crippen LogP contribution in [0.25, 0.3) is 0 Å². The maximum atomic E-state index is 13.6.